The normalized spacial score (nSPS) is 18.3. The molecule has 3 aromatic heterocycles. The van der Waals surface area contributed by atoms with Gasteiger partial charge in [-0.15, -0.1) is 11.3 Å². The van der Waals surface area contributed by atoms with Gasteiger partial charge in [-0.1, -0.05) is 6.07 Å². The average molecular weight is 436 g/mol. The highest BCUT2D eigenvalue weighted by Gasteiger charge is 2.26. The second-order valence-electron chi connectivity index (χ2n) is 7.27. The third-order valence-electron chi connectivity index (χ3n) is 5.32. The molecular formula is C22H21N5O3S. The number of hydrogen-bond acceptors (Lipinski definition) is 6. The van der Waals surface area contributed by atoms with Crippen LogP contribution in [0.1, 0.15) is 36.6 Å². The summed E-state index contributed by atoms with van der Waals surface area (Å²) < 4.78 is 8.16. The van der Waals surface area contributed by atoms with E-state index in [0.29, 0.717) is 18.2 Å². The van der Waals surface area contributed by atoms with Crippen LogP contribution >= 0.6 is 11.3 Å². The van der Waals surface area contributed by atoms with Gasteiger partial charge in [0.2, 0.25) is 0 Å². The van der Waals surface area contributed by atoms with Gasteiger partial charge >= 0.3 is 0 Å². The Balaban J connectivity index is 0.000000730. The van der Waals surface area contributed by atoms with Crippen molar-refractivity contribution in [3.63, 3.8) is 0 Å². The summed E-state index contributed by atoms with van der Waals surface area (Å²) in [4.78, 5) is 26.0. The van der Waals surface area contributed by atoms with Gasteiger partial charge in [-0.05, 0) is 31.9 Å². The lowest BCUT2D eigenvalue weighted by molar-refractivity contribution is -0.122. The monoisotopic (exact) mass is 435 g/mol. The third kappa shape index (κ3) is 4.26. The summed E-state index contributed by atoms with van der Waals surface area (Å²) in [5.41, 5.74) is 3.46. The number of thiazole rings is 1. The molecule has 9 heteroatoms. The van der Waals surface area contributed by atoms with Crippen molar-refractivity contribution in [1.29, 1.82) is 0 Å². The van der Waals surface area contributed by atoms with E-state index in [1.165, 1.54) is 0 Å². The predicted octanol–water partition coefficient (Wildman–Crippen LogP) is 4.62. The smallest absolute Gasteiger partial charge is 0.290 e. The molecule has 1 N–H and O–H groups in total. The minimum atomic E-state index is -0.250. The summed E-state index contributed by atoms with van der Waals surface area (Å²) in [5, 5.41) is 10.9. The number of hydrogen-bond donors (Lipinski definition) is 1. The number of imidazole rings is 1. The highest BCUT2D eigenvalue weighted by molar-refractivity contribution is 7.09. The van der Waals surface area contributed by atoms with E-state index in [1.807, 2.05) is 36.0 Å². The molecule has 0 aliphatic carbocycles. The maximum Gasteiger partial charge on any atom is 0.290 e. The van der Waals surface area contributed by atoms with Crippen LogP contribution < -0.4 is 0 Å². The van der Waals surface area contributed by atoms with Crippen LogP contribution in [0.4, 0.5) is 5.69 Å². The lowest BCUT2D eigenvalue weighted by Gasteiger charge is -2.30. The van der Waals surface area contributed by atoms with Crippen molar-refractivity contribution < 1.29 is 14.6 Å². The predicted molar refractivity (Wildman–Crippen MR) is 119 cm³/mol. The van der Waals surface area contributed by atoms with Crippen LogP contribution in [0.3, 0.4) is 0 Å². The van der Waals surface area contributed by atoms with Gasteiger partial charge in [-0.2, -0.15) is 0 Å². The Bertz CT molecular complexity index is 1250. The molecule has 2 atom stereocenters. The number of fused-ring (bicyclic) bond motifs is 3. The molecule has 0 bridgehead atoms. The molecule has 8 nitrogen and oxygen atoms in total. The topological polar surface area (TPSA) is 94.5 Å². The quantitative estimate of drug-likeness (QED) is 0.373. The maximum atomic E-state index is 8.36. The summed E-state index contributed by atoms with van der Waals surface area (Å²) in [6, 6.07) is 5.99. The van der Waals surface area contributed by atoms with Gasteiger partial charge in [0.25, 0.3) is 6.47 Å². The fourth-order valence-corrected chi connectivity index (χ4v) is 4.70. The summed E-state index contributed by atoms with van der Waals surface area (Å²) in [6.07, 6.45) is 6.50. The first-order valence-corrected chi connectivity index (χ1v) is 10.8. The van der Waals surface area contributed by atoms with E-state index in [0.717, 1.165) is 52.2 Å². The Morgan fingerprint density at radius 3 is 2.94 bits per heavy atom. The van der Waals surface area contributed by atoms with E-state index in [1.54, 1.807) is 11.3 Å². The van der Waals surface area contributed by atoms with E-state index in [4.69, 9.17) is 26.2 Å². The summed E-state index contributed by atoms with van der Waals surface area (Å²) in [6.45, 7) is 10.0. The SMILES string of the molecule is O=CO.[C-]#[N+]c1ccc2ncc3nc(Cc4nccs4)n([C@@H]4CCO[C@H](C)C4)c3c2c1. The zero-order valence-corrected chi connectivity index (χ0v) is 17.7. The van der Waals surface area contributed by atoms with Gasteiger partial charge in [0.1, 0.15) is 11.3 Å². The van der Waals surface area contributed by atoms with Gasteiger partial charge < -0.3 is 14.4 Å². The van der Waals surface area contributed by atoms with Crippen molar-refractivity contribution in [1.82, 2.24) is 19.5 Å². The van der Waals surface area contributed by atoms with Crippen LogP contribution in [0.5, 0.6) is 0 Å². The molecule has 0 saturated carbocycles. The van der Waals surface area contributed by atoms with E-state index in [9.17, 15) is 0 Å². The first-order chi connectivity index (χ1) is 15.1. The molecule has 31 heavy (non-hydrogen) atoms. The van der Waals surface area contributed by atoms with Gasteiger partial charge in [0.05, 0.1) is 41.3 Å². The minimum absolute atomic E-state index is 0.218. The Hall–Kier alpha value is -3.35. The van der Waals surface area contributed by atoms with Gasteiger partial charge in [-0.25, -0.2) is 14.8 Å². The highest BCUT2D eigenvalue weighted by atomic mass is 32.1. The zero-order chi connectivity index (χ0) is 21.8. The molecule has 4 aromatic rings. The number of carbonyl (C=O) groups is 1. The van der Waals surface area contributed by atoms with Gasteiger partial charge in [0, 0.05) is 29.6 Å². The summed E-state index contributed by atoms with van der Waals surface area (Å²) >= 11 is 1.65. The molecule has 1 aliphatic heterocycles. The molecule has 1 fully saturated rings. The van der Waals surface area contributed by atoms with Crippen molar-refractivity contribution in [2.75, 3.05) is 6.61 Å². The molecule has 0 amide bonds. The standard InChI is InChI=1S/C21H19N5OS.CH2O2/c1-13-9-15(5-7-27-13)26-19(11-20-23-6-8-28-20)25-18-12-24-17-4-3-14(22-2)10-16(17)21(18)26;2-1-3/h3-4,6,8,10,12-13,15H,5,7,9,11H2,1H3;1H,(H,2,3)/t13-,15-;/m1./s1. The highest BCUT2D eigenvalue weighted by Crippen LogP contribution is 2.35. The van der Waals surface area contributed by atoms with Crippen LogP contribution in [-0.2, 0) is 16.0 Å². The Kier molecular flexibility index (Phi) is 6.21. The largest absolute Gasteiger partial charge is 0.483 e. The average Bonchev–Trinajstić information content (AvgIpc) is 3.41. The fraction of sp³-hybridized carbons (Fsp3) is 0.318. The van der Waals surface area contributed by atoms with Crippen molar-refractivity contribution in [3.8, 4) is 0 Å². The number of aromatic nitrogens is 4. The molecule has 1 saturated heterocycles. The number of rotatable bonds is 3. The van der Waals surface area contributed by atoms with Gasteiger partial charge in [-0.3, -0.25) is 9.78 Å². The molecule has 158 valence electrons. The lowest BCUT2D eigenvalue weighted by atomic mass is 10.0. The summed E-state index contributed by atoms with van der Waals surface area (Å²) in [7, 11) is 0. The second kappa shape index (κ2) is 9.20. The van der Waals surface area contributed by atoms with Crippen LogP contribution in [0.2, 0.25) is 0 Å². The number of benzene rings is 1. The van der Waals surface area contributed by atoms with Crippen LogP contribution in [-0.4, -0.2) is 43.8 Å². The Morgan fingerprint density at radius 2 is 2.23 bits per heavy atom. The van der Waals surface area contributed by atoms with E-state index < -0.39 is 0 Å². The molecule has 1 aromatic carbocycles. The molecule has 0 spiro atoms. The second-order valence-corrected chi connectivity index (χ2v) is 8.25. The minimum Gasteiger partial charge on any atom is -0.483 e. The van der Waals surface area contributed by atoms with Crippen molar-refractivity contribution >= 4 is 45.4 Å². The van der Waals surface area contributed by atoms with E-state index in [-0.39, 0.29) is 12.6 Å². The molecule has 0 unspecified atom stereocenters. The first kappa shape index (κ1) is 20.9. The molecular weight excluding hydrogens is 414 g/mol. The number of carboxylic acid groups (broad SMARTS) is 1. The first-order valence-electron chi connectivity index (χ1n) is 9.89. The lowest BCUT2D eigenvalue weighted by Crippen LogP contribution is -2.26. The summed E-state index contributed by atoms with van der Waals surface area (Å²) in [5.74, 6) is 1.01. The molecule has 5 rings (SSSR count). The maximum absolute atomic E-state index is 8.36. The van der Waals surface area contributed by atoms with Crippen LogP contribution in [0.25, 0.3) is 26.8 Å². The van der Waals surface area contributed by atoms with Crippen molar-refractivity contribution in [2.45, 2.75) is 38.3 Å². The molecule has 4 heterocycles. The third-order valence-corrected chi connectivity index (χ3v) is 6.10. The van der Waals surface area contributed by atoms with Gasteiger partial charge in [0.15, 0.2) is 5.69 Å². The zero-order valence-electron chi connectivity index (χ0n) is 16.9. The van der Waals surface area contributed by atoms with Crippen LogP contribution in [0, 0.1) is 6.57 Å². The van der Waals surface area contributed by atoms with E-state index in [2.05, 4.69) is 26.3 Å². The molecule has 1 aliphatic rings. The van der Waals surface area contributed by atoms with E-state index >= 15 is 0 Å². The Labute approximate surface area is 183 Å². The number of ether oxygens (including phenoxy) is 1. The molecule has 0 radical (unpaired) electrons. The number of pyridine rings is 1. The van der Waals surface area contributed by atoms with Crippen molar-refractivity contribution in [3.05, 3.63) is 58.2 Å². The Morgan fingerprint density at radius 1 is 1.39 bits per heavy atom. The van der Waals surface area contributed by atoms with Crippen molar-refractivity contribution in [2.24, 2.45) is 0 Å². The van der Waals surface area contributed by atoms with Crippen LogP contribution in [0.15, 0.2) is 36.0 Å². The fourth-order valence-electron chi connectivity index (χ4n) is 4.08. The number of nitrogens with zero attached hydrogens (tertiary/aromatic N) is 5.